The zero-order valence-corrected chi connectivity index (χ0v) is 16.4. The van der Waals surface area contributed by atoms with Crippen LogP contribution in [-0.4, -0.2) is 71.2 Å². The third kappa shape index (κ3) is 3.61. The van der Waals surface area contributed by atoms with Gasteiger partial charge in [-0.1, -0.05) is 12.1 Å². The van der Waals surface area contributed by atoms with Gasteiger partial charge in [-0.2, -0.15) is 5.10 Å². The Bertz CT molecular complexity index is 1050. The van der Waals surface area contributed by atoms with Crippen LogP contribution in [0.2, 0.25) is 0 Å². The lowest BCUT2D eigenvalue weighted by atomic mass is 10.2. The predicted molar refractivity (Wildman–Crippen MR) is 108 cm³/mol. The fourth-order valence-electron chi connectivity index (χ4n) is 3.62. The molecule has 156 valence electrons. The number of nitrogens with one attached hydrogen (secondary N) is 1. The molecule has 0 saturated carbocycles. The van der Waals surface area contributed by atoms with E-state index < -0.39 is 6.10 Å². The van der Waals surface area contributed by atoms with Crippen molar-refractivity contribution < 1.29 is 19.0 Å². The molecule has 10 heteroatoms. The van der Waals surface area contributed by atoms with E-state index in [-0.39, 0.29) is 12.5 Å². The lowest BCUT2D eigenvalue weighted by Gasteiger charge is -2.27. The molecule has 1 N–H and O–H groups in total. The molecule has 1 saturated heterocycles. The average Bonchev–Trinajstić information content (AvgIpc) is 3.22. The summed E-state index contributed by atoms with van der Waals surface area (Å²) in [6.07, 6.45) is 2.65. The zero-order chi connectivity index (χ0) is 20.3. The van der Waals surface area contributed by atoms with Crippen LogP contribution in [0.15, 0.2) is 36.8 Å². The minimum atomic E-state index is -0.676. The molecule has 2 aromatic heterocycles. The lowest BCUT2D eigenvalue weighted by Crippen LogP contribution is -2.44. The lowest BCUT2D eigenvalue weighted by molar-refractivity contribution is -0.130. The van der Waals surface area contributed by atoms with Gasteiger partial charge >= 0.3 is 0 Å². The van der Waals surface area contributed by atoms with Crippen molar-refractivity contribution in [3.05, 3.63) is 36.8 Å². The van der Waals surface area contributed by atoms with E-state index in [9.17, 15) is 4.79 Å². The maximum absolute atomic E-state index is 12.5. The SMILES string of the molecule is O=C(NCCn1ncc2c(N3CCOCC3)ncnc21)[C@H]1COc2ccccc2O1. The van der Waals surface area contributed by atoms with Gasteiger partial charge in [0, 0.05) is 19.6 Å². The van der Waals surface area contributed by atoms with Gasteiger partial charge in [0.05, 0.1) is 31.3 Å². The highest BCUT2D eigenvalue weighted by Gasteiger charge is 2.27. The zero-order valence-electron chi connectivity index (χ0n) is 16.4. The number of carbonyl (C=O) groups excluding carboxylic acids is 1. The van der Waals surface area contributed by atoms with Crippen molar-refractivity contribution >= 4 is 22.8 Å². The summed E-state index contributed by atoms with van der Waals surface area (Å²) < 4.78 is 18.5. The van der Waals surface area contributed by atoms with Crippen LogP contribution >= 0.6 is 0 Å². The van der Waals surface area contributed by atoms with E-state index in [2.05, 4.69) is 25.3 Å². The standard InChI is InChI=1S/C20H22N6O4/c27-20(17-12-29-15-3-1-2-4-16(15)30-17)21-5-6-26-19-14(11-24-26)18(22-13-23-19)25-7-9-28-10-8-25/h1-4,11,13,17H,5-10,12H2,(H,21,27)/t17-/m1/s1. The third-order valence-corrected chi connectivity index (χ3v) is 5.15. The largest absolute Gasteiger partial charge is 0.485 e. The van der Waals surface area contributed by atoms with Crippen LogP contribution in [0.4, 0.5) is 5.82 Å². The molecule has 0 aliphatic carbocycles. The summed E-state index contributed by atoms with van der Waals surface area (Å²) in [5.41, 5.74) is 0.743. The molecule has 1 fully saturated rings. The van der Waals surface area contributed by atoms with Crippen LogP contribution in [0.3, 0.4) is 0 Å². The summed E-state index contributed by atoms with van der Waals surface area (Å²) in [4.78, 5) is 23.5. The van der Waals surface area contributed by atoms with E-state index in [0.29, 0.717) is 37.8 Å². The second kappa shape index (κ2) is 8.15. The van der Waals surface area contributed by atoms with Crippen molar-refractivity contribution in [3.8, 4) is 11.5 Å². The van der Waals surface area contributed by atoms with Crippen molar-refractivity contribution in [1.29, 1.82) is 0 Å². The fraction of sp³-hybridized carbons (Fsp3) is 0.400. The highest BCUT2D eigenvalue weighted by molar-refractivity contribution is 5.86. The Morgan fingerprint density at radius 3 is 2.87 bits per heavy atom. The van der Waals surface area contributed by atoms with Gasteiger partial charge in [0.2, 0.25) is 6.10 Å². The molecule has 4 heterocycles. The van der Waals surface area contributed by atoms with Gasteiger partial charge in [0.1, 0.15) is 18.8 Å². The summed E-state index contributed by atoms with van der Waals surface area (Å²) in [5.74, 6) is 1.88. The van der Waals surface area contributed by atoms with Crippen molar-refractivity contribution in [2.24, 2.45) is 0 Å². The van der Waals surface area contributed by atoms with Gasteiger partial charge in [-0.15, -0.1) is 0 Å². The molecule has 10 nitrogen and oxygen atoms in total. The Kier molecular flexibility index (Phi) is 5.06. The Labute approximate surface area is 172 Å². The third-order valence-electron chi connectivity index (χ3n) is 5.15. The minimum Gasteiger partial charge on any atom is -0.485 e. The quantitative estimate of drug-likeness (QED) is 0.653. The number of amides is 1. The number of carbonyl (C=O) groups is 1. The molecule has 0 spiro atoms. The van der Waals surface area contributed by atoms with E-state index in [1.54, 1.807) is 23.3 Å². The van der Waals surface area contributed by atoms with Crippen LogP contribution in [0.5, 0.6) is 11.5 Å². The van der Waals surface area contributed by atoms with Gasteiger partial charge in [0.25, 0.3) is 5.91 Å². The fourth-order valence-corrected chi connectivity index (χ4v) is 3.62. The molecule has 3 aromatic rings. The topological polar surface area (TPSA) is 104 Å². The van der Waals surface area contributed by atoms with Crippen molar-refractivity contribution in [2.45, 2.75) is 12.6 Å². The van der Waals surface area contributed by atoms with Gasteiger partial charge < -0.3 is 24.4 Å². The van der Waals surface area contributed by atoms with Crippen molar-refractivity contribution in [1.82, 2.24) is 25.1 Å². The number of hydrogen-bond acceptors (Lipinski definition) is 8. The number of hydrogen-bond donors (Lipinski definition) is 1. The van der Waals surface area contributed by atoms with Gasteiger partial charge in [-0.05, 0) is 12.1 Å². The molecule has 5 rings (SSSR count). The first-order chi connectivity index (χ1) is 14.8. The van der Waals surface area contributed by atoms with Crippen LogP contribution < -0.4 is 19.7 Å². The number of nitrogens with zero attached hydrogens (tertiary/aromatic N) is 5. The van der Waals surface area contributed by atoms with Crippen LogP contribution in [0.25, 0.3) is 11.0 Å². The maximum Gasteiger partial charge on any atom is 0.264 e. The second-order valence-electron chi connectivity index (χ2n) is 7.06. The second-order valence-corrected chi connectivity index (χ2v) is 7.06. The summed E-state index contributed by atoms with van der Waals surface area (Å²) >= 11 is 0. The summed E-state index contributed by atoms with van der Waals surface area (Å²) in [6, 6.07) is 7.32. The Morgan fingerprint density at radius 1 is 1.17 bits per heavy atom. The van der Waals surface area contributed by atoms with Crippen LogP contribution in [0.1, 0.15) is 0 Å². The molecule has 2 aliphatic heterocycles. The number of aromatic nitrogens is 4. The van der Waals surface area contributed by atoms with E-state index >= 15 is 0 Å². The molecule has 30 heavy (non-hydrogen) atoms. The van der Waals surface area contributed by atoms with Crippen LogP contribution in [0, 0.1) is 0 Å². The number of fused-ring (bicyclic) bond motifs is 2. The Hall–Kier alpha value is -3.40. The number of benzene rings is 1. The van der Waals surface area contributed by atoms with Crippen molar-refractivity contribution in [2.75, 3.05) is 44.4 Å². The van der Waals surface area contributed by atoms with Crippen molar-refractivity contribution in [3.63, 3.8) is 0 Å². The van der Waals surface area contributed by atoms with Gasteiger partial charge in [-0.25, -0.2) is 14.6 Å². The highest BCUT2D eigenvalue weighted by Crippen LogP contribution is 2.30. The molecule has 1 amide bonds. The number of para-hydroxylation sites is 2. The molecular weight excluding hydrogens is 388 g/mol. The summed E-state index contributed by atoms with van der Waals surface area (Å²) in [7, 11) is 0. The molecule has 2 aliphatic rings. The van der Waals surface area contributed by atoms with E-state index in [0.717, 1.165) is 29.9 Å². The highest BCUT2D eigenvalue weighted by atomic mass is 16.6. The van der Waals surface area contributed by atoms with Crippen LogP contribution in [-0.2, 0) is 16.1 Å². The van der Waals surface area contributed by atoms with E-state index in [1.807, 2.05) is 18.2 Å². The maximum atomic E-state index is 12.5. The number of morpholine rings is 1. The molecule has 0 unspecified atom stereocenters. The molecular formula is C20H22N6O4. The first kappa shape index (κ1) is 18.6. The van der Waals surface area contributed by atoms with Gasteiger partial charge in [-0.3, -0.25) is 4.79 Å². The number of anilines is 1. The number of ether oxygens (including phenoxy) is 3. The minimum absolute atomic E-state index is 0.184. The molecule has 0 radical (unpaired) electrons. The first-order valence-electron chi connectivity index (χ1n) is 9.95. The van der Waals surface area contributed by atoms with Gasteiger partial charge in [0.15, 0.2) is 17.1 Å². The summed E-state index contributed by atoms with van der Waals surface area (Å²) in [5, 5.41) is 8.22. The normalized spacial score (nSPS) is 18.4. The molecule has 1 atom stereocenters. The Morgan fingerprint density at radius 2 is 2.00 bits per heavy atom. The molecule has 0 bridgehead atoms. The average molecular weight is 410 g/mol. The Balaban J connectivity index is 1.21. The first-order valence-corrected chi connectivity index (χ1v) is 9.95. The van der Waals surface area contributed by atoms with E-state index in [4.69, 9.17) is 14.2 Å². The summed E-state index contributed by atoms with van der Waals surface area (Å²) in [6.45, 7) is 4.02. The smallest absolute Gasteiger partial charge is 0.264 e. The predicted octanol–water partition coefficient (Wildman–Crippen LogP) is 0.619. The molecule has 1 aromatic carbocycles. The van der Waals surface area contributed by atoms with E-state index in [1.165, 1.54) is 0 Å². The monoisotopic (exact) mass is 410 g/mol. The number of rotatable bonds is 5.